The van der Waals surface area contributed by atoms with Gasteiger partial charge >= 0.3 is 0 Å². The Kier molecular flexibility index (Phi) is 7.68. The molecule has 0 saturated carbocycles. The van der Waals surface area contributed by atoms with Crippen molar-refractivity contribution >= 4 is 31.9 Å². The Bertz CT molecular complexity index is 1330. The highest BCUT2D eigenvalue weighted by molar-refractivity contribution is 9.10. The summed E-state index contributed by atoms with van der Waals surface area (Å²) in [7, 11) is 0. The van der Waals surface area contributed by atoms with Crippen molar-refractivity contribution in [3.8, 4) is 0 Å². The molecule has 3 nitrogen and oxygen atoms in total. The van der Waals surface area contributed by atoms with Crippen molar-refractivity contribution in [2.24, 2.45) is 0 Å². The molecule has 0 unspecified atom stereocenters. The van der Waals surface area contributed by atoms with Gasteiger partial charge in [-0.15, -0.1) is 10.2 Å². The Hall–Kier alpha value is -2.52. The number of nitrogens with zero attached hydrogens (tertiary/aromatic N) is 2. The number of benzene rings is 3. The molecule has 0 saturated heterocycles. The summed E-state index contributed by atoms with van der Waals surface area (Å²) in [6.45, 7) is 3.39. The van der Waals surface area contributed by atoms with E-state index in [0.717, 1.165) is 30.5 Å². The molecular weight excluding hydrogens is 616 g/mol. The molecule has 194 valence electrons. The van der Waals surface area contributed by atoms with Gasteiger partial charge < -0.3 is 4.42 Å². The summed E-state index contributed by atoms with van der Waals surface area (Å²) in [5.41, 5.74) is 1.24. The molecule has 0 atom stereocenters. The van der Waals surface area contributed by atoms with E-state index in [0.29, 0.717) is 33.6 Å². The number of rotatable bonds is 8. The topological polar surface area (TPSA) is 38.9 Å². The first-order valence-corrected chi connectivity index (χ1v) is 13.1. The highest BCUT2D eigenvalue weighted by Crippen LogP contribution is 2.42. The third-order valence-electron chi connectivity index (χ3n) is 6.29. The number of hydrogen-bond acceptors (Lipinski definition) is 3. The van der Waals surface area contributed by atoms with Crippen molar-refractivity contribution in [3.63, 3.8) is 0 Å². The molecule has 0 spiro atoms. The Balaban J connectivity index is 1.88. The molecule has 0 aliphatic carbocycles. The maximum absolute atomic E-state index is 14.0. The van der Waals surface area contributed by atoms with Crippen molar-refractivity contribution in [1.29, 1.82) is 0 Å². The summed E-state index contributed by atoms with van der Waals surface area (Å²) in [5, 5.41) is 8.42. The maximum Gasteiger partial charge on any atom is 0.271 e. The molecule has 0 radical (unpaired) electrons. The highest BCUT2D eigenvalue weighted by Gasteiger charge is 2.41. The quantitative estimate of drug-likeness (QED) is 0.181. The van der Waals surface area contributed by atoms with E-state index in [-0.39, 0.29) is 11.1 Å². The molecule has 0 amide bonds. The van der Waals surface area contributed by atoms with Crippen LogP contribution in [0.1, 0.15) is 53.4 Å². The molecule has 0 N–H and O–H groups in total. The van der Waals surface area contributed by atoms with E-state index in [1.54, 1.807) is 31.2 Å². The fourth-order valence-electron chi connectivity index (χ4n) is 4.53. The molecule has 4 rings (SSSR count). The lowest BCUT2D eigenvalue weighted by Gasteiger charge is -2.32. The molecule has 1 heterocycles. The third-order valence-corrected chi connectivity index (χ3v) is 7.60. The van der Waals surface area contributed by atoms with Gasteiger partial charge in [-0.25, -0.2) is 17.6 Å². The minimum Gasteiger partial charge on any atom is -0.425 e. The summed E-state index contributed by atoms with van der Waals surface area (Å²) in [5.74, 6) is -5.29. The van der Waals surface area contributed by atoms with Crippen molar-refractivity contribution < 1.29 is 22.0 Å². The molecule has 9 heteroatoms. The van der Waals surface area contributed by atoms with Gasteiger partial charge in [0.15, 0.2) is 0 Å². The smallest absolute Gasteiger partial charge is 0.271 e. The maximum atomic E-state index is 14.0. The van der Waals surface area contributed by atoms with Gasteiger partial charge in [0.2, 0.25) is 11.8 Å². The summed E-state index contributed by atoms with van der Waals surface area (Å²) in [6, 6.07) is 19.0. The lowest BCUT2D eigenvalue weighted by atomic mass is 9.71. The lowest BCUT2D eigenvalue weighted by molar-refractivity contribution is 0.0160. The second-order valence-corrected chi connectivity index (χ2v) is 11.0. The molecule has 3 aromatic carbocycles. The van der Waals surface area contributed by atoms with E-state index in [1.165, 1.54) is 12.1 Å². The zero-order valence-corrected chi connectivity index (χ0v) is 23.5. The summed E-state index contributed by atoms with van der Waals surface area (Å²) in [6.07, 6.45) is 0.659. The Morgan fingerprint density at radius 1 is 0.730 bits per heavy atom. The molecule has 0 aliphatic heterocycles. The Morgan fingerprint density at radius 3 is 1.59 bits per heavy atom. The largest absolute Gasteiger partial charge is 0.425 e. The van der Waals surface area contributed by atoms with Crippen LogP contribution in [0.5, 0.6) is 0 Å². The van der Waals surface area contributed by atoms with Crippen LogP contribution in [0, 0.1) is 6.92 Å². The summed E-state index contributed by atoms with van der Waals surface area (Å²) in [4.78, 5) is 0. The zero-order valence-electron chi connectivity index (χ0n) is 20.3. The average Bonchev–Trinajstić information content (AvgIpc) is 3.24. The van der Waals surface area contributed by atoms with Crippen LogP contribution in [0.15, 0.2) is 80.1 Å². The van der Waals surface area contributed by atoms with E-state index >= 15 is 0 Å². The highest BCUT2D eigenvalue weighted by atomic mass is 79.9. The molecule has 4 aromatic rings. The number of hydrogen-bond donors (Lipinski definition) is 0. The fraction of sp³-hybridized carbons (Fsp3) is 0.286. The van der Waals surface area contributed by atoms with E-state index < -0.39 is 17.3 Å². The van der Waals surface area contributed by atoms with Gasteiger partial charge in [-0.05, 0) is 41.7 Å². The van der Waals surface area contributed by atoms with Crippen molar-refractivity contribution in [2.75, 3.05) is 0 Å². The molecule has 0 bridgehead atoms. The molecular formula is C28H24Br2F4N2O. The van der Waals surface area contributed by atoms with Crippen molar-refractivity contribution in [2.45, 2.75) is 50.9 Å². The zero-order chi connectivity index (χ0) is 27.0. The minimum atomic E-state index is -3.01. The first-order valence-electron chi connectivity index (χ1n) is 11.5. The van der Waals surface area contributed by atoms with Gasteiger partial charge in [-0.3, -0.25) is 0 Å². The number of halogens is 6. The SMILES string of the molecule is Cc1nnc(C(Cc2ccc(C(C)(F)F)c(Br)c2)(Cc2ccc(C(C)(F)F)c(Br)c2)c2ccccc2)o1. The van der Waals surface area contributed by atoms with Gasteiger partial charge in [0.05, 0.1) is 5.41 Å². The first kappa shape index (κ1) is 27.5. The van der Waals surface area contributed by atoms with Gasteiger partial charge in [0, 0.05) is 40.8 Å². The van der Waals surface area contributed by atoms with Crippen LogP contribution in [-0.2, 0) is 30.1 Å². The third kappa shape index (κ3) is 5.98. The Labute approximate surface area is 229 Å². The molecule has 0 fully saturated rings. The predicted octanol–water partition coefficient (Wildman–Crippen LogP) is 8.90. The first-order chi connectivity index (χ1) is 17.3. The van der Waals surface area contributed by atoms with Crippen LogP contribution in [-0.4, -0.2) is 10.2 Å². The van der Waals surface area contributed by atoms with Crippen LogP contribution in [0.2, 0.25) is 0 Å². The van der Waals surface area contributed by atoms with Crippen LogP contribution < -0.4 is 0 Å². The lowest BCUT2D eigenvalue weighted by Crippen LogP contribution is -2.34. The fourth-order valence-corrected chi connectivity index (χ4v) is 6.08. The molecule has 37 heavy (non-hydrogen) atoms. The molecule has 1 aromatic heterocycles. The second-order valence-electron chi connectivity index (χ2n) is 9.33. The number of alkyl halides is 4. The van der Waals surface area contributed by atoms with Gasteiger partial charge in [0.1, 0.15) is 0 Å². The van der Waals surface area contributed by atoms with Crippen molar-refractivity contribution in [3.05, 3.63) is 115 Å². The molecule has 0 aliphatic rings. The average molecular weight is 640 g/mol. The van der Waals surface area contributed by atoms with Crippen LogP contribution >= 0.6 is 31.9 Å². The Morgan fingerprint density at radius 2 is 1.22 bits per heavy atom. The standard InChI is InChI=1S/C28H24Br2F4N2O/c1-17-35-36-25(37-17)28(20-7-5-4-6-8-20,15-18-9-11-21(23(29)13-18)26(2,31)32)16-19-10-12-22(24(30)14-19)27(3,33)34/h4-14H,15-16H2,1-3H3. The van der Waals surface area contributed by atoms with Crippen LogP contribution in [0.3, 0.4) is 0 Å². The van der Waals surface area contributed by atoms with Gasteiger partial charge in [0.25, 0.3) is 11.8 Å². The second kappa shape index (κ2) is 10.3. The van der Waals surface area contributed by atoms with Gasteiger partial charge in [-0.2, -0.15) is 0 Å². The summed E-state index contributed by atoms with van der Waals surface area (Å²) < 4.78 is 62.7. The van der Waals surface area contributed by atoms with Crippen molar-refractivity contribution in [1.82, 2.24) is 10.2 Å². The normalized spacial score (nSPS) is 12.7. The predicted molar refractivity (Wildman–Crippen MR) is 141 cm³/mol. The van der Waals surface area contributed by atoms with E-state index in [1.807, 2.05) is 30.3 Å². The van der Waals surface area contributed by atoms with Gasteiger partial charge in [-0.1, -0.05) is 86.5 Å². The van der Waals surface area contributed by atoms with E-state index in [9.17, 15) is 17.6 Å². The number of aryl methyl sites for hydroxylation is 1. The van der Waals surface area contributed by atoms with E-state index in [2.05, 4.69) is 42.1 Å². The summed E-state index contributed by atoms with van der Waals surface area (Å²) >= 11 is 6.60. The van der Waals surface area contributed by atoms with Crippen LogP contribution in [0.4, 0.5) is 17.6 Å². The monoisotopic (exact) mass is 638 g/mol. The van der Waals surface area contributed by atoms with E-state index in [4.69, 9.17) is 4.42 Å². The minimum absolute atomic E-state index is 0.116. The number of aromatic nitrogens is 2. The van der Waals surface area contributed by atoms with Crippen LogP contribution in [0.25, 0.3) is 0 Å².